The van der Waals surface area contributed by atoms with Crippen molar-refractivity contribution < 1.29 is 15.4 Å². The van der Waals surface area contributed by atoms with E-state index < -0.39 is 19.0 Å². The van der Waals surface area contributed by atoms with Crippen molar-refractivity contribution in [3.8, 4) is 0 Å². The second-order valence-corrected chi connectivity index (χ2v) is 9.50. The number of carbonyl (C=O) groups is 1. The maximum atomic E-state index is 13.0. The SMILES string of the molecule is [2H]C([2H])(O)C([2H])([2H])N(C)C(=O)c1ccc(C(=C2CCN(Cc3cscn3)CC2)c2cccc3cccnc23)cc1. The number of benzene rings is 2. The van der Waals surface area contributed by atoms with Crippen molar-refractivity contribution in [2.75, 3.05) is 33.2 Å². The van der Waals surface area contributed by atoms with Crippen molar-refractivity contribution in [2.45, 2.75) is 19.4 Å². The van der Waals surface area contributed by atoms with Crippen LogP contribution in [0, 0.1) is 0 Å². The molecular formula is C29H30N4O2S. The molecule has 1 saturated heterocycles. The van der Waals surface area contributed by atoms with Gasteiger partial charge in [0.05, 0.1) is 28.8 Å². The van der Waals surface area contributed by atoms with Crippen molar-refractivity contribution in [1.82, 2.24) is 19.8 Å². The summed E-state index contributed by atoms with van der Waals surface area (Å²) in [5.41, 5.74) is 8.34. The number of thiazole rings is 1. The van der Waals surface area contributed by atoms with Crippen LogP contribution in [0.15, 0.2) is 77.3 Å². The van der Waals surface area contributed by atoms with Crippen LogP contribution in [0.1, 0.15) is 45.5 Å². The van der Waals surface area contributed by atoms with E-state index in [4.69, 9.17) is 10.5 Å². The van der Waals surface area contributed by atoms with Crippen molar-refractivity contribution in [2.24, 2.45) is 0 Å². The zero-order chi connectivity index (χ0) is 28.5. The molecule has 1 aliphatic heterocycles. The molecule has 2 aromatic heterocycles. The van der Waals surface area contributed by atoms with E-state index in [-0.39, 0.29) is 5.56 Å². The number of para-hydroxylation sites is 1. The van der Waals surface area contributed by atoms with Crippen LogP contribution in [0.3, 0.4) is 0 Å². The van der Waals surface area contributed by atoms with E-state index in [2.05, 4.69) is 21.3 Å². The Kier molecular flexibility index (Phi) is 6.10. The predicted molar refractivity (Wildman–Crippen MR) is 145 cm³/mol. The summed E-state index contributed by atoms with van der Waals surface area (Å²) in [6.45, 7) is -3.50. The summed E-state index contributed by atoms with van der Waals surface area (Å²) in [6.07, 6.45) is 3.53. The third-order valence-electron chi connectivity index (χ3n) is 6.53. The van der Waals surface area contributed by atoms with Gasteiger partial charge in [0, 0.05) is 61.3 Å². The van der Waals surface area contributed by atoms with Gasteiger partial charge in [-0.15, -0.1) is 11.3 Å². The summed E-state index contributed by atoms with van der Waals surface area (Å²) in [5, 5.41) is 12.7. The van der Waals surface area contributed by atoms with Crippen molar-refractivity contribution >= 4 is 33.7 Å². The van der Waals surface area contributed by atoms with Crippen LogP contribution in [-0.4, -0.2) is 64.0 Å². The number of nitrogens with zero attached hydrogens (tertiary/aromatic N) is 4. The predicted octanol–water partition coefficient (Wildman–Crippen LogP) is 4.85. The summed E-state index contributed by atoms with van der Waals surface area (Å²) < 4.78 is 30.6. The fourth-order valence-corrected chi connectivity index (χ4v) is 5.28. The van der Waals surface area contributed by atoms with Gasteiger partial charge in [0.1, 0.15) is 0 Å². The van der Waals surface area contributed by atoms with Gasteiger partial charge in [-0.3, -0.25) is 14.7 Å². The highest BCUT2D eigenvalue weighted by Crippen LogP contribution is 2.35. The van der Waals surface area contributed by atoms with Gasteiger partial charge in [-0.1, -0.05) is 42.0 Å². The molecule has 1 fully saturated rings. The number of hydrogen-bond donors (Lipinski definition) is 1. The van der Waals surface area contributed by atoms with Crippen molar-refractivity contribution in [3.05, 3.63) is 99.6 Å². The molecule has 1 N–H and O–H groups in total. The molecule has 0 aliphatic carbocycles. The molecule has 6 nitrogen and oxygen atoms in total. The fourth-order valence-electron chi connectivity index (χ4n) is 4.73. The van der Waals surface area contributed by atoms with Gasteiger partial charge in [0.25, 0.3) is 5.91 Å². The third kappa shape index (κ3) is 5.23. The van der Waals surface area contributed by atoms with Gasteiger partial charge in [0.15, 0.2) is 0 Å². The Hall–Kier alpha value is -3.39. The Morgan fingerprint density at radius 3 is 2.56 bits per heavy atom. The number of hydrogen-bond acceptors (Lipinski definition) is 6. The van der Waals surface area contributed by atoms with E-state index in [1.807, 2.05) is 41.9 Å². The van der Waals surface area contributed by atoms with E-state index in [0.717, 1.165) is 72.8 Å². The molecule has 184 valence electrons. The first-order valence-electron chi connectivity index (χ1n) is 13.8. The molecule has 7 heteroatoms. The van der Waals surface area contributed by atoms with Gasteiger partial charge < -0.3 is 10.0 Å². The lowest BCUT2D eigenvalue weighted by molar-refractivity contribution is 0.0767. The number of amides is 1. The molecule has 0 atom stereocenters. The first-order chi connectivity index (χ1) is 19.1. The van der Waals surface area contributed by atoms with Crippen LogP contribution >= 0.6 is 11.3 Å². The van der Waals surface area contributed by atoms with Crippen LogP contribution in [-0.2, 0) is 6.54 Å². The minimum absolute atomic E-state index is 0.192. The van der Waals surface area contributed by atoms with Gasteiger partial charge in [0.2, 0.25) is 0 Å². The standard InChI is InChI=1S/C29H30N4O2S/c1-32(16-17-34)29(35)24-9-7-21(8-10-24)27(26-6-2-4-23-5-3-13-30-28(23)26)22-11-14-33(15-12-22)18-25-19-36-20-31-25/h2-10,13,19-20,34H,11-12,14-18H2,1H3/i16D2,17D2. The minimum Gasteiger partial charge on any atom is -0.395 e. The summed E-state index contributed by atoms with van der Waals surface area (Å²) in [7, 11) is 1.14. The quantitative estimate of drug-likeness (QED) is 0.391. The molecule has 0 spiro atoms. The molecule has 0 bridgehead atoms. The average molecular weight is 503 g/mol. The zero-order valence-corrected chi connectivity index (χ0v) is 20.8. The molecule has 1 amide bonds. The lowest BCUT2D eigenvalue weighted by Gasteiger charge is -2.30. The Morgan fingerprint density at radius 1 is 1.08 bits per heavy atom. The first kappa shape index (κ1) is 19.8. The molecule has 0 radical (unpaired) electrons. The van der Waals surface area contributed by atoms with Gasteiger partial charge in [-0.05, 0) is 42.2 Å². The number of piperidine rings is 1. The number of fused-ring (bicyclic) bond motifs is 1. The Labute approximate surface area is 221 Å². The van der Waals surface area contributed by atoms with E-state index in [0.29, 0.717) is 4.90 Å². The average Bonchev–Trinajstić information content (AvgIpc) is 3.46. The molecule has 0 saturated carbocycles. The van der Waals surface area contributed by atoms with E-state index in [1.165, 1.54) is 5.57 Å². The van der Waals surface area contributed by atoms with Gasteiger partial charge >= 0.3 is 0 Å². The van der Waals surface area contributed by atoms with Gasteiger partial charge in [-0.2, -0.15) is 0 Å². The second-order valence-electron chi connectivity index (χ2n) is 8.78. The topological polar surface area (TPSA) is 69.6 Å². The zero-order valence-electron chi connectivity index (χ0n) is 24.0. The molecule has 1 aliphatic rings. The molecule has 0 unspecified atom stereocenters. The third-order valence-corrected chi connectivity index (χ3v) is 7.16. The highest BCUT2D eigenvalue weighted by molar-refractivity contribution is 7.07. The Balaban J connectivity index is 1.50. The van der Waals surface area contributed by atoms with Crippen molar-refractivity contribution in [1.29, 1.82) is 0 Å². The van der Waals surface area contributed by atoms with E-state index in [1.54, 1.807) is 29.7 Å². The molecule has 3 heterocycles. The largest absolute Gasteiger partial charge is 0.395 e. The van der Waals surface area contributed by atoms with E-state index >= 15 is 0 Å². The number of rotatable bonds is 7. The number of aromatic nitrogens is 2. The fraction of sp³-hybridized carbons (Fsp3) is 0.276. The number of carbonyl (C=O) groups excluding carboxylic acids is 1. The number of likely N-dealkylation sites (N-methyl/N-ethyl adjacent to an activating group) is 1. The molecular weight excluding hydrogens is 468 g/mol. The molecule has 5 rings (SSSR count). The van der Waals surface area contributed by atoms with Crippen LogP contribution < -0.4 is 0 Å². The van der Waals surface area contributed by atoms with Crippen LogP contribution in [0.2, 0.25) is 0 Å². The minimum atomic E-state index is -3.22. The van der Waals surface area contributed by atoms with Crippen LogP contribution in [0.5, 0.6) is 0 Å². The highest BCUT2D eigenvalue weighted by atomic mass is 32.1. The van der Waals surface area contributed by atoms with Crippen LogP contribution in [0.4, 0.5) is 0 Å². The normalized spacial score (nSPS) is 16.7. The Morgan fingerprint density at radius 2 is 1.83 bits per heavy atom. The first-order valence-corrected chi connectivity index (χ1v) is 12.8. The summed E-state index contributed by atoms with van der Waals surface area (Å²) >= 11 is 1.60. The van der Waals surface area contributed by atoms with Crippen LogP contribution in [0.25, 0.3) is 16.5 Å². The number of likely N-dealkylation sites (tertiary alicyclic amines) is 1. The smallest absolute Gasteiger partial charge is 0.253 e. The Bertz CT molecular complexity index is 1520. The van der Waals surface area contributed by atoms with Crippen molar-refractivity contribution in [3.63, 3.8) is 0 Å². The summed E-state index contributed by atoms with van der Waals surface area (Å²) in [6, 6.07) is 17.0. The lowest BCUT2D eigenvalue weighted by Crippen LogP contribution is -2.30. The number of aliphatic hydroxyl groups is 1. The van der Waals surface area contributed by atoms with Gasteiger partial charge in [-0.25, -0.2) is 4.98 Å². The molecule has 36 heavy (non-hydrogen) atoms. The summed E-state index contributed by atoms with van der Waals surface area (Å²) in [4.78, 5) is 25.1. The highest BCUT2D eigenvalue weighted by Gasteiger charge is 2.21. The molecule has 4 aromatic rings. The maximum Gasteiger partial charge on any atom is 0.253 e. The number of pyridine rings is 1. The molecule has 2 aromatic carbocycles. The maximum absolute atomic E-state index is 13.0. The van der Waals surface area contributed by atoms with E-state index in [9.17, 15) is 9.90 Å². The second kappa shape index (κ2) is 11.1. The monoisotopic (exact) mass is 502 g/mol. The summed E-state index contributed by atoms with van der Waals surface area (Å²) in [5.74, 6) is -0.731. The lowest BCUT2D eigenvalue weighted by atomic mass is 9.87.